The Morgan fingerprint density at radius 3 is 2.88 bits per heavy atom. The van der Waals surface area contributed by atoms with Crippen molar-refractivity contribution in [2.24, 2.45) is 5.92 Å². The second kappa shape index (κ2) is 11.6. The Kier molecular flexibility index (Phi) is 8.78. The third-order valence-electron chi connectivity index (χ3n) is 5.36. The maximum Gasteiger partial charge on any atom is 0.414 e. The summed E-state index contributed by atoms with van der Waals surface area (Å²) in [4.78, 5) is 12.1. The number of piperidine rings is 1. The fourth-order valence-corrected chi connectivity index (χ4v) is 3.42. The monoisotopic (exact) mass is 502 g/mol. The summed E-state index contributed by atoms with van der Waals surface area (Å²) in [5.41, 5.74) is 0. The summed E-state index contributed by atoms with van der Waals surface area (Å²) in [5, 5.41) is 13.7. The Morgan fingerprint density at radius 1 is 1.41 bits per heavy atom. The van der Waals surface area contributed by atoms with Gasteiger partial charge in [-0.3, -0.25) is 4.79 Å². The van der Waals surface area contributed by atoms with E-state index in [1.165, 1.54) is 25.1 Å². The molecule has 0 bridgehead atoms. The van der Waals surface area contributed by atoms with Crippen LogP contribution in [0.3, 0.4) is 0 Å². The molecule has 1 fully saturated rings. The minimum Gasteiger partial charge on any atom is -0.484 e. The van der Waals surface area contributed by atoms with Gasteiger partial charge in [0.15, 0.2) is 6.61 Å². The molecule has 3 rings (SSSR count). The van der Waals surface area contributed by atoms with Gasteiger partial charge in [0.25, 0.3) is 11.8 Å². The molecule has 2 heterocycles. The van der Waals surface area contributed by atoms with Crippen LogP contribution >= 0.6 is 11.6 Å². The lowest BCUT2D eigenvalue weighted by atomic mass is 10.0. The highest BCUT2D eigenvalue weighted by Gasteiger charge is 2.36. The van der Waals surface area contributed by atoms with Gasteiger partial charge in [-0.15, -0.1) is 11.7 Å². The van der Waals surface area contributed by atoms with Crippen LogP contribution in [0.1, 0.15) is 38.1 Å². The lowest BCUT2D eigenvalue weighted by Crippen LogP contribution is -2.48. The van der Waals surface area contributed by atoms with E-state index in [9.17, 15) is 18.0 Å². The zero-order valence-electron chi connectivity index (χ0n) is 18.5. The summed E-state index contributed by atoms with van der Waals surface area (Å²) in [7, 11) is 0. The van der Waals surface area contributed by atoms with E-state index >= 15 is 0 Å². The number of allylic oxidation sites excluding steroid dienone is 1. The predicted molar refractivity (Wildman–Crippen MR) is 118 cm³/mol. The Balaban J connectivity index is 1.40. The number of alkyl halides is 2. The molecule has 1 saturated heterocycles. The maximum atomic E-state index is 13.8. The van der Waals surface area contributed by atoms with Crippen molar-refractivity contribution >= 4 is 17.5 Å². The summed E-state index contributed by atoms with van der Waals surface area (Å²) in [5.74, 6) is -4.50. The number of ether oxygens (including phenoxy) is 2. The summed E-state index contributed by atoms with van der Waals surface area (Å²) in [6.45, 7) is 4.60. The molecule has 3 atom stereocenters. The number of rotatable bonds is 11. The molecule has 0 saturated carbocycles. The number of benzene rings is 1. The summed E-state index contributed by atoms with van der Waals surface area (Å²) < 4.78 is 57.0. The van der Waals surface area contributed by atoms with E-state index < -0.39 is 24.1 Å². The number of carbonyl (C=O) groups is 1. The molecule has 1 aliphatic rings. The molecule has 1 aliphatic heterocycles. The van der Waals surface area contributed by atoms with Crippen LogP contribution in [0, 0.1) is 11.7 Å². The van der Waals surface area contributed by atoms with E-state index in [0.29, 0.717) is 19.4 Å². The Hall–Kier alpha value is -2.79. The van der Waals surface area contributed by atoms with Gasteiger partial charge in [0.2, 0.25) is 5.89 Å². The van der Waals surface area contributed by atoms with Crippen LogP contribution < -0.4 is 20.1 Å². The first kappa shape index (κ1) is 25.8. The predicted octanol–water partition coefficient (Wildman–Crippen LogP) is 4.08. The highest BCUT2D eigenvalue weighted by molar-refractivity contribution is 6.30. The smallest absolute Gasteiger partial charge is 0.414 e. The van der Waals surface area contributed by atoms with Gasteiger partial charge in [-0.25, -0.2) is 13.2 Å². The topological polar surface area (TPSA) is 98.5 Å². The summed E-state index contributed by atoms with van der Waals surface area (Å²) in [6.07, 6.45) is 1.76. The molecule has 12 heteroatoms. The summed E-state index contributed by atoms with van der Waals surface area (Å²) in [6, 6.07) is 3.52. The van der Waals surface area contributed by atoms with E-state index in [-0.39, 0.29) is 53.9 Å². The van der Waals surface area contributed by atoms with Gasteiger partial charge in [-0.1, -0.05) is 29.7 Å². The number of carbonyl (C=O) groups excluding carboxylic acids is 1. The number of nitrogens with zero attached hydrogens (tertiary/aromatic N) is 2. The second-order valence-electron chi connectivity index (χ2n) is 8.04. The first-order valence-corrected chi connectivity index (χ1v) is 11.1. The van der Waals surface area contributed by atoms with Gasteiger partial charge < -0.3 is 24.5 Å². The van der Waals surface area contributed by atoms with Crippen LogP contribution in [0.25, 0.3) is 0 Å². The van der Waals surface area contributed by atoms with Crippen LogP contribution in [0.2, 0.25) is 5.02 Å². The first-order chi connectivity index (χ1) is 16.2. The number of amides is 1. The quantitative estimate of drug-likeness (QED) is 0.447. The number of hydrogen-bond acceptors (Lipinski definition) is 7. The van der Waals surface area contributed by atoms with E-state index in [4.69, 9.17) is 25.5 Å². The van der Waals surface area contributed by atoms with Crippen molar-refractivity contribution in [3.63, 3.8) is 0 Å². The van der Waals surface area contributed by atoms with Crippen molar-refractivity contribution in [2.45, 2.75) is 44.2 Å². The largest absolute Gasteiger partial charge is 0.484 e. The first-order valence-electron chi connectivity index (χ1n) is 10.7. The third-order valence-corrected chi connectivity index (χ3v) is 5.66. The molecule has 0 spiro atoms. The van der Waals surface area contributed by atoms with E-state index in [1.807, 2.05) is 0 Å². The minimum atomic E-state index is -2.94. The van der Waals surface area contributed by atoms with Gasteiger partial charge in [0.05, 0.1) is 17.0 Å². The molecule has 8 nitrogen and oxygen atoms in total. The van der Waals surface area contributed by atoms with Crippen LogP contribution in [-0.4, -0.2) is 47.8 Å². The Bertz CT molecular complexity index is 983. The zero-order valence-corrected chi connectivity index (χ0v) is 19.3. The normalized spacial score (nSPS) is 19.3. The van der Waals surface area contributed by atoms with Crippen molar-refractivity contribution in [1.82, 2.24) is 20.8 Å². The van der Waals surface area contributed by atoms with Crippen molar-refractivity contribution in [3.8, 4) is 11.8 Å². The molecule has 34 heavy (non-hydrogen) atoms. The number of halogens is 4. The maximum absolute atomic E-state index is 13.8. The van der Waals surface area contributed by atoms with Crippen LogP contribution in [0.5, 0.6) is 11.8 Å². The van der Waals surface area contributed by atoms with Crippen LogP contribution in [0.4, 0.5) is 13.2 Å². The molecule has 0 radical (unpaired) electrons. The fourth-order valence-electron chi connectivity index (χ4n) is 3.31. The molecule has 186 valence electrons. The minimum absolute atomic E-state index is 0.0285. The summed E-state index contributed by atoms with van der Waals surface area (Å²) >= 11 is 5.62. The van der Waals surface area contributed by atoms with Crippen molar-refractivity contribution < 1.29 is 31.9 Å². The zero-order chi connectivity index (χ0) is 24.7. The molecule has 2 aromatic rings. The highest BCUT2D eigenvalue weighted by Crippen LogP contribution is 2.30. The number of aromatic nitrogens is 2. The van der Waals surface area contributed by atoms with E-state index in [2.05, 4.69) is 27.4 Å². The van der Waals surface area contributed by atoms with Crippen molar-refractivity contribution in [1.29, 1.82) is 0 Å². The standard InChI is InChI=1S/C22H26ClF3N4O4/c1-3-8-22(25,26)13(2)11-33-21-30-29-20(34-21)18-7-4-14(10-27-18)28-19(31)12-32-15-5-6-16(23)17(24)9-15/h3,5-6,9,13-14,18,27H,1,4,7-8,10-12H2,2H3,(H,28,31)/t13?,14-,18+/m0/s1. The molecule has 1 amide bonds. The van der Waals surface area contributed by atoms with Gasteiger partial charge >= 0.3 is 6.08 Å². The SMILES string of the molecule is C=CCC(F)(F)C(C)COc1nnc([C@H]2CC[C@H](NC(=O)COc3ccc(Cl)c(F)c3)CN2)o1. The fraction of sp³-hybridized carbons (Fsp3) is 0.500. The lowest BCUT2D eigenvalue weighted by Gasteiger charge is -2.28. The Labute approximate surface area is 199 Å². The van der Waals surface area contributed by atoms with E-state index in [1.54, 1.807) is 0 Å². The lowest BCUT2D eigenvalue weighted by molar-refractivity contribution is -0.124. The van der Waals surface area contributed by atoms with Crippen molar-refractivity contribution in [3.05, 3.63) is 47.6 Å². The number of nitrogens with one attached hydrogen (secondary N) is 2. The average molecular weight is 503 g/mol. The highest BCUT2D eigenvalue weighted by atomic mass is 35.5. The molecule has 1 aromatic heterocycles. The number of hydrogen-bond donors (Lipinski definition) is 2. The molecule has 1 unspecified atom stereocenters. The third kappa shape index (κ3) is 7.10. The molecule has 2 N–H and O–H groups in total. The van der Waals surface area contributed by atoms with Crippen LogP contribution in [0.15, 0.2) is 35.3 Å². The second-order valence-corrected chi connectivity index (χ2v) is 8.45. The van der Waals surface area contributed by atoms with E-state index in [0.717, 1.165) is 6.07 Å². The van der Waals surface area contributed by atoms with Gasteiger partial charge in [0.1, 0.15) is 18.2 Å². The molecule has 1 aromatic carbocycles. The average Bonchev–Trinajstić information content (AvgIpc) is 3.28. The Morgan fingerprint density at radius 2 is 2.21 bits per heavy atom. The molecule has 0 aliphatic carbocycles. The molecular weight excluding hydrogens is 477 g/mol. The van der Waals surface area contributed by atoms with Gasteiger partial charge in [-0.2, -0.15) is 0 Å². The molecular formula is C22H26ClF3N4O4. The van der Waals surface area contributed by atoms with Crippen molar-refractivity contribution in [2.75, 3.05) is 19.8 Å². The van der Waals surface area contributed by atoms with Gasteiger partial charge in [-0.05, 0) is 25.0 Å². The van der Waals surface area contributed by atoms with Gasteiger partial charge in [0, 0.05) is 25.1 Å². The van der Waals surface area contributed by atoms with Crippen LogP contribution in [-0.2, 0) is 4.79 Å².